The van der Waals surface area contributed by atoms with Gasteiger partial charge in [-0.3, -0.25) is 0 Å². The second-order valence-corrected chi connectivity index (χ2v) is 7.41. The van der Waals surface area contributed by atoms with Crippen molar-refractivity contribution in [2.24, 2.45) is 0 Å². The summed E-state index contributed by atoms with van der Waals surface area (Å²) in [6, 6.07) is 14.3. The third-order valence-electron chi connectivity index (χ3n) is 4.24. The monoisotopic (exact) mass is 443 g/mol. The minimum atomic E-state index is -0.981. The molecule has 1 heterocycles. The van der Waals surface area contributed by atoms with Crippen LogP contribution in [0.1, 0.15) is 23.6 Å². The predicted octanol–water partition coefficient (Wildman–Crippen LogP) is 6.56. The van der Waals surface area contributed by atoms with Crippen molar-refractivity contribution in [3.8, 4) is 17.4 Å². The summed E-state index contributed by atoms with van der Waals surface area (Å²) < 4.78 is 11.5. The first-order valence-corrected chi connectivity index (χ1v) is 9.81. The van der Waals surface area contributed by atoms with Gasteiger partial charge in [0.2, 0.25) is 5.88 Å². The minimum Gasteiger partial charge on any atom is -0.487 e. The summed E-state index contributed by atoms with van der Waals surface area (Å²) in [5.74, 6) is 0.411. The Kier molecular flexibility index (Phi) is 6.98. The number of benzene rings is 2. The number of halogens is 2. The van der Waals surface area contributed by atoms with Gasteiger partial charge in [-0.05, 0) is 55.3 Å². The van der Waals surface area contributed by atoms with E-state index in [0.717, 1.165) is 11.1 Å². The van der Waals surface area contributed by atoms with Gasteiger partial charge in [0.15, 0.2) is 5.75 Å². The highest BCUT2D eigenvalue weighted by molar-refractivity contribution is 6.32. The average Bonchev–Trinajstić information content (AvgIpc) is 2.71. The molecule has 0 unspecified atom stereocenters. The van der Waals surface area contributed by atoms with Gasteiger partial charge in [-0.25, -0.2) is 9.78 Å². The van der Waals surface area contributed by atoms with Crippen LogP contribution in [-0.2, 0) is 11.4 Å². The number of hydrogen-bond acceptors (Lipinski definition) is 4. The minimum absolute atomic E-state index is 0.216. The predicted molar refractivity (Wildman–Crippen MR) is 118 cm³/mol. The molecule has 5 nitrogen and oxygen atoms in total. The molecule has 0 amide bonds. The van der Waals surface area contributed by atoms with E-state index in [1.54, 1.807) is 36.5 Å². The molecule has 7 heteroatoms. The number of ether oxygens (including phenoxy) is 2. The zero-order valence-corrected chi connectivity index (χ0v) is 17.9. The van der Waals surface area contributed by atoms with Crippen LogP contribution < -0.4 is 9.47 Å². The maximum absolute atomic E-state index is 11.0. The van der Waals surface area contributed by atoms with Crippen LogP contribution in [0, 0.1) is 6.92 Å². The van der Waals surface area contributed by atoms with Crippen molar-refractivity contribution in [2.45, 2.75) is 20.5 Å². The molecule has 0 aliphatic heterocycles. The van der Waals surface area contributed by atoms with Crippen molar-refractivity contribution in [1.82, 2.24) is 4.98 Å². The number of rotatable bonds is 7. The van der Waals surface area contributed by atoms with Crippen LogP contribution in [0.4, 0.5) is 0 Å². The van der Waals surface area contributed by atoms with Gasteiger partial charge in [0, 0.05) is 22.2 Å². The molecule has 0 radical (unpaired) electrons. The standard InChI is InChI=1S/C23H19Cl2NO4/c1-14-9-16(10-15(2)23(27)28)11-20(25)22(14)30-21-8-7-18(12-26-21)29-13-17-5-3-4-6-19(17)24/h3-12H,13H2,1-2H3,(H,27,28). The van der Waals surface area contributed by atoms with Gasteiger partial charge < -0.3 is 14.6 Å². The summed E-state index contributed by atoms with van der Waals surface area (Å²) in [7, 11) is 0. The maximum Gasteiger partial charge on any atom is 0.331 e. The molecule has 154 valence electrons. The summed E-state index contributed by atoms with van der Waals surface area (Å²) in [5.41, 5.74) is 2.54. The van der Waals surface area contributed by atoms with Crippen molar-refractivity contribution < 1.29 is 19.4 Å². The van der Waals surface area contributed by atoms with Gasteiger partial charge >= 0.3 is 5.97 Å². The van der Waals surface area contributed by atoms with Crippen molar-refractivity contribution >= 4 is 35.2 Å². The van der Waals surface area contributed by atoms with E-state index in [1.807, 2.05) is 31.2 Å². The number of nitrogens with zero attached hydrogens (tertiary/aromatic N) is 1. The Labute approximate surface area is 184 Å². The highest BCUT2D eigenvalue weighted by Gasteiger charge is 2.11. The lowest BCUT2D eigenvalue weighted by atomic mass is 10.1. The van der Waals surface area contributed by atoms with E-state index < -0.39 is 5.97 Å². The lowest BCUT2D eigenvalue weighted by Crippen LogP contribution is -1.98. The Morgan fingerprint density at radius 1 is 1.13 bits per heavy atom. The van der Waals surface area contributed by atoms with E-state index >= 15 is 0 Å². The first kappa shape index (κ1) is 21.7. The van der Waals surface area contributed by atoms with Crippen LogP contribution in [0.15, 0.2) is 60.3 Å². The molecule has 0 fully saturated rings. The van der Waals surface area contributed by atoms with E-state index in [2.05, 4.69) is 4.98 Å². The van der Waals surface area contributed by atoms with Crippen molar-refractivity contribution in [3.63, 3.8) is 0 Å². The second-order valence-electron chi connectivity index (χ2n) is 6.60. The largest absolute Gasteiger partial charge is 0.487 e. The molecular weight excluding hydrogens is 425 g/mol. The van der Waals surface area contributed by atoms with E-state index in [-0.39, 0.29) is 5.57 Å². The second kappa shape index (κ2) is 9.65. The molecule has 0 atom stereocenters. The maximum atomic E-state index is 11.0. The molecule has 30 heavy (non-hydrogen) atoms. The first-order valence-electron chi connectivity index (χ1n) is 9.05. The van der Waals surface area contributed by atoms with Gasteiger partial charge in [-0.1, -0.05) is 41.4 Å². The number of aliphatic carboxylic acids is 1. The van der Waals surface area contributed by atoms with Crippen LogP contribution in [0.25, 0.3) is 6.08 Å². The fourth-order valence-corrected chi connectivity index (χ4v) is 3.18. The summed E-state index contributed by atoms with van der Waals surface area (Å²) >= 11 is 12.5. The molecule has 0 aliphatic rings. The zero-order chi connectivity index (χ0) is 21.7. The quantitative estimate of drug-likeness (QED) is 0.418. The van der Waals surface area contributed by atoms with Crippen LogP contribution in [0.3, 0.4) is 0 Å². The van der Waals surface area contributed by atoms with E-state index in [4.69, 9.17) is 37.8 Å². The number of carboxylic acid groups (broad SMARTS) is 1. The van der Waals surface area contributed by atoms with Gasteiger partial charge in [0.25, 0.3) is 0 Å². The van der Waals surface area contributed by atoms with Gasteiger partial charge in [-0.15, -0.1) is 0 Å². The molecular formula is C23H19Cl2NO4. The Balaban J connectivity index is 1.70. The zero-order valence-electron chi connectivity index (χ0n) is 16.4. The average molecular weight is 444 g/mol. The molecule has 1 aromatic heterocycles. The SMILES string of the molecule is CC(=Cc1cc(C)c(Oc2ccc(OCc3ccccc3Cl)cn2)c(Cl)c1)C(=O)O. The third-order valence-corrected chi connectivity index (χ3v) is 4.89. The lowest BCUT2D eigenvalue weighted by molar-refractivity contribution is -0.132. The van der Waals surface area contributed by atoms with Crippen LogP contribution >= 0.6 is 23.2 Å². The third kappa shape index (κ3) is 5.53. The Hall–Kier alpha value is -3.02. The number of pyridine rings is 1. The molecule has 3 aromatic rings. The number of aromatic nitrogens is 1. The molecule has 3 rings (SSSR count). The molecule has 0 saturated carbocycles. The summed E-state index contributed by atoms with van der Waals surface area (Å²) in [6.07, 6.45) is 3.11. The summed E-state index contributed by atoms with van der Waals surface area (Å²) in [6.45, 7) is 3.68. The number of carboxylic acids is 1. The highest BCUT2D eigenvalue weighted by atomic mass is 35.5. The number of carbonyl (C=O) groups is 1. The fourth-order valence-electron chi connectivity index (χ4n) is 2.68. The van der Waals surface area contributed by atoms with E-state index in [1.165, 1.54) is 6.92 Å². The topological polar surface area (TPSA) is 68.7 Å². The van der Waals surface area contributed by atoms with Crippen molar-refractivity contribution in [2.75, 3.05) is 0 Å². The van der Waals surface area contributed by atoms with Crippen LogP contribution in [-0.4, -0.2) is 16.1 Å². The normalized spacial score (nSPS) is 11.3. The summed E-state index contributed by atoms with van der Waals surface area (Å²) in [5, 5.41) is 10.0. The van der Waals surface area contributed by atoms with Crippen molar-refractivity contribution in [3.05, 3.63) is 87.0 Å². The van der Waals surface area contributed by atoms with Crippen molar-refractivity contribution in [1.29, 1.82) is 0 Å². The lowest BCUT2D eigenvalue weighted by Gasteiger charge is -2.12. The fraction of sp³-hybridized carbons (Fsp3) is 0.130. The van der Waals surface area contributed by atoms with Gasteiger partial charge in [0.05, 0.1) is 11.2 Å². The Morgan fingerprint density at radius 3 is 2.53 bits per heavy atom. The smallest absolute Gasteiger partial charge is 0.331 e. The molecule has 0 aliphatic carbocycles. The molecule has 0 saturated heterocycles. The van der Waals surface area contributed by atoms with Gasteiger partial charge in [0.1, 0.15) is 12.4 Å². The molecule has 1 N–H and O–H groups in total. The number of aryl methyl sites for hydroxylation is 1. The van der Waals surface area contributed by atoms with E-state index in [9.17, 15) is 4.79 Å². The van der Waals surface area contributed by atoms with Crippen LogP contribution in [0.2, 0.25) is 10.0 Å². The first-order chi connectivity index (χ1) is 14.3. The molecule has 0 spiro atoms. The highest BCUT2D eigenvalue weighted by Crippen LogP contribution is 2.34. The van der Waals surface area contributed by atoms with Crippen LogP contribution in [0.5, 0.6) is 17.4 Å². The summed E-state index contributed by atoms with van der Waals surface area (Å²) in [4.78, 5) is 15.3. The molecule has 2 aromatic carbocycles. The van der Waals surface area contributed by atoms with E-state index in [0.29, 0.717) is 39.6 Å². The number of hydrogen-bond donors (Lipinski definition) is 1. The molecule has 0 bridgehead atoms. The van der Waals surface area contributed by atoms with Gasteiger partial charge in [-0.2, -0.15) is 0 Å². The Morgan fingerprint density at radius 2 is 1.90 bits per heavy atom. The Bertz CT molecular complexity index is 1070.